The molecule has 1 N–H and O–H groups in total. The normalized spacial score (nSPS) is 17.1. The van der Waals surface area contributed by atoms with Gasteiger partial charge in [0, 0.05) is 12.3 Å². The summed E-state index contributed by atoms with van der Waals surface area (Å²) in [6.07, 6.45) is 4.17. The smallest absolute Gasteiger partial charge is 0.360 e. The fourth-order valence-electron chi connectivity index (χ4n) is 2.67. The maximum Gasteiger partial charge on any atom is 0.360 e. The van der Waals surface area contributed by atoms with Crippen molar-refractivity contribution in [2.75, 3.05) is 19.0 Å². The van der Waals surface area contributed by atoms with E-state index in [1.165, 1.54) is 7.11 Å². The molecule has 1 saturated heterocycles. The largest absolute Gasteiger partial charge is 0.464 e. The van der Waals surface area contributed by atoms with E-state index < -0.39 is 11.9 Å². The lowest BCUT2D eigenvalue weighted by Gasteiger charge is -2.22. The van der Waals surface area contributed by atoms with Crippen molar-refractivity contribution >= 4 is 17.6 Å². The van der Waals surface area contributed by atoms with E-state index in [1.807, 2.05) is 0 Å². The molecule has 0 saturated carbocycles. The Morgan fingerprint density at radius 1 is 1.36 bits per heavy atom. The van der Waals surface area contributed by atoms with Crippen LogP contribution in [-0.4, -0.2) is 40.4 Å². The summed E-state index contributed by atoms with van der Waals surface area (Å²) in [4.78, 5) is 28.6. The van der Waals surface area contributed by atoms with Crippen LogP contribution in [-0.2, 0) is 9.47 Å². The van der Waals surface area contributed by atoms with Crippen LogP contribution in [0.4, 0.5) is 5.69 Å². The summed E-state index contributed by atoms with van der Waals surface area (Å²) in [6, 6.07) is 5.15. The Morgan fingerprint density at radius 3 is 2.88 bits per heavy atom. The van der Waals surface area contributed by atoms with Crippen molar-refractivity contribution in [3.05, 3.63) is 41.5 Å². The highest BCUT2D eigenvalue weighted by Crippen LogP contribution is 2.25. The number of nitrogens with zero attached hydrogens (tertiary/aromatic N) is 3. The van der Waals surface area contributed by atoms with Crippen molar-refractivity contribution in [2.45, 2.75) is 32.4 Å². The maximum absolute atomic E-state index is 12.4. The zero-order valence-electron chi connectivity index (χ0n) is 14.2. The molecule has 0 aliphatic carbocycles. The maximum atomic E-state index is 12.4. The van der Waals surface area contributed by atoms with Crippen molar-refractivity contribution in [1.82, 2.24) is 14.8 Å². The van der Waals surface area contributed by atoms with Crippen molar-refractivity contribution in [3.8, 4) is 0 Å². The molecule has 0 spiro atoms. The number of nitrogens with one attached hydrogen (secondary N) is 1. The molecule has 2 aromatic heterocycles. The van der Waals surface area contributed by atoms with E-state index >= 15 is 0 Å². The van der Waals surface area contributed by atoms with Gasteiger partial charge in [-0.1, -0.05) is 6.07 Å². The van der Waals surface area contributed by atoms with Gasteiger partial charge in [-0.25, -0.2) is 14.5 Å². The predicted molar refractivity (Wildman–Crippen MR) is 89.3 cm³/mol. The summed E-state index contributed by atoms with van der Waals surface area (Å²) >= 11 is 0. The van der Waals surface area contributed by atoms with Gasteiger partial charge in [-0.05, 0) is 38.3 Å². The van der Waals surface area contributed by atoms with Crippen LogP contribution in [0.2, 0.25) is 0 Å². The second-order valence-corrected chi connectivity index (χ2v) is 5.80. The van der Waals surface area contributed by atoms with Crippen LogP contribution in [0.25, 0.3) is 0 Å². The third kappa shape index (κ3) is 3.85. The highest BCUT2D eigenvalue weighted by Gasteiger charge is 2.24. The molecule has 0 bridgehead atoms. The van der Waals surface area contributed by atoms with Gasteiger partial charge in [-0.15, -0.1) is 0 Å². The summed E-state index contributed by atoms with van der Waals surface area (Å²) in [5.74, 6) is -1.04. The van der Waals surface area contributed by atoms with E-state index in [1.54, 1.807) is 36.0 Å². The average molecular weight is 344 g/mol. The Bertz CT molecular complexity index is 781. The van der Waals surface area contributed by atoms with Gasteiger partial charge < -0.3 is 14.8 Å². The molecule has 1 unspecified atom stereocenters. The van der Waals surface area contributed by atoms with E-state index in [2.05, 4.69) is 15.4 Å². The number of ether oxygens (including phenoxy) is 2. The first-order chi connectivity index (χ1) is 12.1. The Balaban J connectivity index is 1.86. The molecule has 0 aromatic carbocycles. The minimum atomic E-state index is -0.623. The predicted octanol–water partition coefficient (Wildman–Crippen LogP) is 2.32. The lowest BCUT2D eigenvalue weighted by Crippen LogP contribution is -2.19. The molecule has 25 heavy (non-hydrogen) atoms. The highest BCUT2D eigenvalue weighted by molar-refractivity contribution is 6.06. The zero-order chi connectivity index (χ0) is 17.8. The molecule has 8 heteroatoms. The van der Waals surface area contributed by atoms with E-state index in [-0.39, 0.29) is 23.3 Å². The number of hydrogen-bond acceptors (Lipinski definition) is 6. The van der Waals surface area contributed by atoms with Crippen LogP contribution >= 0.6 is 0 Å². The SMILES string of the molecule is COC(=O)c1nn(C2CCCCO2)cc1NC(=O)c1cccc(C)n1. The van der Waals surface area contributed by atoms with Gasteiger partial charge in [-0.3, -0.25) is 4.79 Å². The molecule has 3 heterocycles. The number of anilines is 1. The number of pyridine rings is 1. The van der Waals surface area contributed by atoms with E-state index in [9.17, 15) is 9.59 Å². The first-order valence-electron chi connectivity index (χ1n) is 8.12. The minimum Gasteiger partial charge on any atom is -0.464 e. The molecule has 1 aliphatic rings. The van der Waals surface area contributed by atoms with Gasteiger partial charge in [0.25, 0.3) is 5.91 Å². The minimum absolute atomic E-state index is 0.0395. The van der Waals surface area contributed by atoms with Gasteiger partial charge >= 0.3 is 5.97 Å². The third-order valence-electron chi connectivity index (χ3n) is 3.93. The Hall–Kier alpha value is -2.74. The van der Waals surface area contributed by atoms with Crippen LogP contribution < -0.4 is 5.32 Å². The van der Waals surface area contributed by atoms with Gasteiger partial charge in [0.2, 0.25) is 0 Å². The molecule has 1 atom stereocenters. The van der Waals surface area contributed by atoms with Crippen molar-refractivity contribution in [1.29, 1.82) is 0 Å². The first kappa shape index (κ1) is 17.1. The average Bonchev–Trinajstić information content (AvgIpc) is 3.05. The Labute approximate surface area is 145 Å². The van der Waals surface area contributed by atoms with Crippen molar-refractivity contribution in [3.63, 3.8) is 0 Å². The molecule has 1 amide bonds. The second kappa shape index (κ2) is 7.43. The molecule has 1 aliphatic heterocycles. The number of carbonyl (C=O) groups is 2. The molecular formula is C17H20N4O4. The number of rotatable bonds is 4. The molecule has 2 aromatic rings. The molecule has 0 radical (unpaired) electrons. The molecule has 8 nitrogen and oxygen atoms in total. The van der Waals surface area contributed by atoms with Crippen LogP contribution in [0.1, 0.15) is 52.2 Å². The summed E-state index contributed by atoms with van der Waals surface area (Å²) < 4.78 is 12.0. The van der Waals surface area contributed by atoms with Crippen LogP contribution in [0.15, 0.2) is 24.4 Å². The monoisotopic (exact) mass is 344 g/mol. The lowest BCUT2D eigenvalue weighted by molar-refractivity contribution is -0.0396. The molecule has 3 rings (SSSR count). The summed E-state index contributed by atoms with van der Waals surface area (Å²) in [7, 11) is 1.27. The number of methoxy groups -OCH3 is 1. The number of aryl methyl sites for hydroxylation is 1. The number of carbonyl (C=O) groups excluding carboxylic acids is 2. The summed E-state index contributed by atoms with van der Waals surface area (Å²) in [5, 5.41) is 6.94. The molecule has 132 valence electrons. The topological polar surface area (TPSA) is 95.3 Å². The lowest BCUT2D eigenvalue weighted by atomic mass is 10.2. The fraction of sp³-hybridized carbons (Fsp3) is 0.412. The van der Waals surface area contributed by atoms with E-state index in [0.717, 1.165) is 25.0 Å². The Morgan fingerprint density at radius 2 is 2.20 bits per heavy atom. The van der Waals surface area contributed by atoms with Gasteiger partial charge in [0.15, 0.2) is 5.69 Å². The van der Waals surface area contributed by atoms with Crippen molar-refractivity contribution < 1.29 is 19.1 Å². The number of hydrogen-bond donors (Lipinski definition) is 1. The molecule has 1 fully saturated rings. The Kier molecular flexibility index (Phi) is 5.08. The fourth-order valence-corrected chi connectivity index (χ4v) is 2.67. The highest BCUT2D eigenvalue weighted by atomic mass is 16.5. The van der Waals surface area contributed by atoms with Gasteiger partial charge in [-0.2, -0.15) is 5.10 Å². The van der Waals surface area contributed by atoms with E-state index in [4.69, 9.17) is 9.47 Å². The number of amides is 1. The standard InChI is InChI=1S/C17H20N4O4/c1-11-6-5-7-12(18-11)16(22)19-13-10-21(14-8-3-4-9-25-14)20-15(13)17(23)24-2/h5-7,10,14H,3-4,8-9H2,1-2H3,(H,19,22). The van der Waals surface area contributed by atoms with Crippen LogP contribution in [0.5, 0.6) is 0 Å². The first-order valence-corrected chi connectivity index (χ1v) is 8.12. The van der Waals surface area contributed by atoms with Crippen LogP contribution in [0, 0.1) is 6.92 Å². The summed E-state index contributed by atoms with van der Waals surface area (Å²) in [5.41, 5.74) is 1.30. The van der Waals surface area contributed by atoms with Gasteiger partial charge in [0.05, 0.1) is 19.0 Å². The third-order valence-corrected chi connectivity index (χ3v) is 3.93. The van der Waals surface area contributed by atoms with Crippen molar-refractivity contribution in [2.24, 2.45) is 0 Å². The second-order valence-electron chi connectivity index (χ2n) is 5.80. The van der Waals surface area contributed by atoms with E-state index in [0.29, 0.717) is 6.61 Å². The quantitative estimate of drug-likeness (QED) is 0.855. The van der Waals surface area contributed by atoms with Gasteiger partial charge in [0.1, 0.15) is 11.9 Å². The molecular weight excluding hydrogens is 324 g/mol. The number of aromatic nitrogens is 3. The summed E-state index contributed by atoms with van der Waals surface area (Å²) in [6.45, 7) is 2.45. The number of esters is 1. The zero-order valence-corrected chi connectivity index (χ0v) is 14.2. The van der Waals surface area contributed by atoms with Crippen LogP contribution in [0.3, 0.4) is 0 Å².